The summed E-state index contributed by atoms with van der Waals surface area (Å²) in [5.41, 5.74) is 3.65. The van der Waals surface area contributed by atoms with Crippen molar-refractivity contribution in [2.24, 2.45) is 0 Å². The number of nitro benzene ring substituents is 1. The van der Waals surface area contributed by atoms with Crippen molar-refractivity contribution in [3.63, 3.8) is 0 Å². The van der Waals surface area contributed by atoms with Gasteiger partial charge in [0.1, 0.15) is 0 Å². The molecule has 7 nitrogen and oxygen atoms in total. The van der Waals surface area contributed by atoms with E-state index in [4.69, 9.17) is 11.6 Å². The maximum Gasteiger partial charge on any atom is 0.269 e. The first-order valence-corrected chi connectivity index (χ1v) is 11.8. The molecular weight excluding hydrogens is 461 g/mol. The van der Waals surface area contributed by atoms with Gasteiger partial charge in [0.25, 0.3) is 5.69 Å². The number of non-ortho nitro benzene ring substituents is 1. The van der Waals surface area contributed by atoms with Gasteiger partial charge in [0.15, 0.2) is 0 Å². The average molecular weight is 488 g/mol. The van der Waals surface area contributed by atoms with Crippen LogP contribution in [0.15, 0.2) is 35.2 Å². The summed E-state index contributed by atoms with van der Waals surface area (Å²) in [6, 6.07) is 8.34. The Morgan fingerprint density at radius 2 is 1.87 bits per heavy atom. The lowest BCUT2D eigenvalue weighted by Gasteiger charge is -2.28. The normalized spacial score (nSPS) is 14.0. The van der Waals surface area contributed by atoms with Crippen LogP contribution in [0.3, 0.4) is 0 Å². The number of aryl methyl sites for hydroxylation is 2. The summed E-state index contributed by atoms with van der Waals surface area (Å²) in [5, 5.41) is 11.5. The Bertz CT molecular complexity index is 1060. The van der Waals surface area contributed by atoms with Crippen molar-refractivity contribution in [1.29, 1.82) is 0 Å². The number of nitrogens with zero attached hydrogens (tertiary/aromatic N) is 2. The van der Waals surface area contributed by atoms with Crippen molar-refractivity contribution < 1.29 is 13.3 Å². The smallest absolute Gasteiger partial charge is 0.269 e. The van der Waals surface area contributed by atoms with Crippen LogP contribution < -0.4 is 4.72 Å². The quantitative estimate of drug-likeness (QED) is 0.338. The highest BCUT2D eigenvalue weighted by molar-refractivity contribution is 7.89. The van der Waals surface area contributed by atoms with Gasteiger partial charge in [-0.25, -0.2) is 13.1 Å². The van der Waals surface area contributed by atoms with Crippen LogP contribution in [0.1, 0.15) is 35.1 Å². The fourth-order valence-electron chi connectivity index (χ4n) is 3.70. The zero-order valence-electron chi connectivity index (χ0n) is 17.6. The third kappa shape index (κ3) is 6.40. The van der Waals surface area contributed by atoms with E-state index >= 15 is 0 Å². The summed E-state index contributed by atoms with van der Waals surface area (Å²) in [4.78, 5) is 13.1. The third-order valence-electron chi connectivity index (χ3n) is 5.43. The van der Waals surface area contributed by atoms with E-state index in [1.165, 1.54) is 5.56 Å². The van der Waals surface area contributed by atoms with E-state index in [0.717, 1.165) is 37.1 Å². The maximum atomic E-state index is 12.6. The molecule has 1 aliphatic heterocycles. The van der Waals surface area contributed by atoms with E-state index < -0.39 is 10.0 Å². The Labute approximate surface area is 194 Å². The standard InChI is InChI=1S/C21H26ClN3O4S.ClH/c1-15-12-21(16(2)11-20(15)22)30(28,29)23-8-3-4-9-24-10-7-17-5-6-19(25(26)27)13-18(17)14-24;/h5-6,11-13,23H,3-4,7-10,14H2,1-2H3;1H. The highest BCUT2D eigenvalue weighted by Crippen LogP contribution is 2.25. The largest absolute Gasteiger partial charge is 0.299 e. The second-order valence-corrected chi connectivity index (χ2v) is 9.85. The molecule has 170 valence electrons. The van der Waals surface area contributed by atoms with Crippen LogP contribution in [-0.4, -0.2) is 37.9 Å². The van der Waals surface area contributed by atoms with Gasteiger partial charge < -0.3 is 0 Å². The van der Waals surface area contributed by atoms with Crippen molar-refractivity contribution in [2.45, 2.75) is 44.6 Å². The predicted octanol–water partition coefficient (Wildman–Crippen LogP) is 4.40. The minimum Gasteiger partial charge on any atom is -0.299 e. The summed E-state index contributed by atoms with van der Waals surface area (Å²) in [6.07, 6.45) is 2.42. The molecule has 0 saturated heterocycles. The van der Waals surface area contributed by atoms with Gasteiger partial charge in [0.2, 0.25) is 10.0 Å². The maximum absolute atomic E-state index is 12.6. The number of sulfonamides is 1. The van der Waals surface area contributed by atoms with Crippen molar-refractivity contribution in [2.75, 3.05) is 19.6 Å². The molecule has 2 aromatic carbocycles. The Hall–Kier alpha value is -1.71. The Morgan fingerprint density at radius 3 is 2.58 bits per heavy atom. The number of benzene rings is 2. The van der Waals surface area contributed by atoms with Gasteiger partial charge in [-0.2, -0.15) is 0 Å². The molecule has 0 aliphatic carbocycles. The van der Waals surface area contributed by atoms with Gasteiger partial charge in [0.05, 0.1) is 9.82 Å². The number of fused-ring (bicyclic) bond motifs is 1. The number of nitrogens with one attached hydrogen (secondary N) is 1. The summed E-state index contributed by atoms with van der Waals surface area (Å²) < 4.78 is 27.8. The minimum atomic E-state index is -3.57. The van der Waals surface area contributed by atoms with Gasteiger partial charge in [-0.05, 0) is 74.0 Å². The zero-order valence-corrected chi connectivity index (χ0v) is 19.9. The molecule has 1 aliphatic rings. The summed E-state index contributed by atoms with van der Waals surface area (Å²) in [6.45, 7) is 6.29. The van der Waals surface area contributed by atoms with Crippen molar-refractivity contribution in [1.82, 2.24) is 9.62 Å². The lowest BCUT2D eigenvalue weighted by atomic mass is 9.99. The molecule has 0 bridgehead atoms. The molecule has 0 aromatic heterocycles. The topological polar surface area (TPSA) is 92.6 Å². The highest BCUT2D eigenvalue weighted by atomic mass is 35.5. The molecule has 0 amide bonds. The first kappa shape index (κ1) is 25.5. The van der Waals surface area contributed by atoms with Crippen LogP contribution >= 0.6 is 24.0 Å². The third-order valence-corrected chi connectivity index (χ3v) is 7.44. The SMILES string of the molecule is Cc1cc(S(=O)(=O)NCCCCN2CCc3ccc([N+](=O)[O-])cc3C2)c(C)cc1Cl.Cl. The predicted molar refractivity (Wildman–Crippen MR) is 125 cm³/mol. The Morgan fingerprint density at radius 1 is 1.13 bits per heavy atom. The first-order chi connectivity index (χ1) is 14.2. The number of halogens is 2. The number of unbranched alkanes of at least 4 members (excludes halogenated alkanes) is 1. The molecule has 0 spiro atoms. The Balaban J connectivity index is 0.00000341. The summed E-state index contributed by atoms with van der Waals surface area (Å²) in [5.74, 6) is 0. The average Bonchev–Trinajstić information content (AvgIpc) is 2.69. The van der Waals surface area contributed by atoms with E-state index in [1.54, 1.807) is 38.1 Å². The molecule has 2 aromatic rings. The minimum absolute atomic E-state index is 0. The number of hydrogen-bond acceptors (Lipinski definition) is 5. The number of rotatable bonds is 8. The fourth-order valence-corrected chi connectivity index (χ4v) is 5.30. The van der Waals surface area contributed by atoms with Gasteiger partial charge in [-0.1, -0.05) is 17.7 Å². The van der Waals surface area contributed by atoms with E-state index in [-0.39, 0.29) is 27.9 Å². The second kappa shape index (κ2) is 10.7. The molecule has 1 N–H and O–H groups in total. The van der Waals surface area contributed by atoms with Crippen molar-refractivity contribution in [3.05, 3.63) is 67.7 Å². The molecule has 0 unspecified atom stereocenters. The monoisotopic (exact) mass is 487 g/mol. The van der Waals surface area contributed by atoms with Gasteiger partial charge in [-0.15, -0.1) is 12.4 Å². The van der Waals surface area contributed by atoms with Gasteiger partial charge >= 0.3 is 0 Å². The van der Waals surface area contributed by atoms with Crippen LogP contribution in [0.2, 0.25) is 5.02 Å². The van der Waals surface area contributed by atoms with Crippen molar-refractivity contribution >= 4 is 39.7 Å². The van der Waals surface area contributed by atoms with Crippen LogP contribution in [0.4, 0.5) is 5.69 Å². The molecule has 10 heteroatoms. The van der Waals surface area contributed by atoms with E-state index in [1.807, 2.05) is 6.07 Å². The number of nitro groups is 1. The molecule has 0 radical (unpaired) electrons. The summed E-state index contributed by atoms with van der Waals surface area (Å²) >= 11 is 6.06. The molecule has 1 heterocycles. The van der Waals surface area contributed by atoms with Gasteiger partial charge in [0, 0.05) is 36.8 Å². The van der Waals surface area contributed by atoms with E-state index in [0.29, 0.717) is 30.1 Å². The molecule has 0 fully saturated rings. The molecular formula is C21H27Cl2N3O4S. The highest BCUT2D eigenvalue weighted by Gasteiger charge is 2.20. The van der Waals surface area contributed by atoms with Crippen LogP contribution in [0, 0.1) is 24.0 Å². The Kier molecular flexibility index (Phi) is 8.85. The van der Waals surface area contributed by atoms with Crippen LogP contribution in [0.5, 0.6) is 0 Å². The second-order valence-electron chi connectivity index (χ2n) is 7.71. The molecule has 31 heavy (non-hydrogen) atoms. The summed E-state index contributed by atoms with van der Waals surface area (Å²) in [7, 11) is -3.57. The molecule has 0 saturated carbocycles. The fraction of sp³-hybridized carbons (Fsp3) is 0.429. The lowest BCUT2D eigenvalue weighted by molar-refractivity contribution is -0.385. The zero-order chi connectivity index (χ0) is 21.9. The number of hydrogen-bond donors (Lipinski definition) is 1. The van der Waals surface area contributed by atoms with Crippen molar-refractivity contribution in [3.8, 4) is 0 Å². The van der Waals surface area contributed by atoms with Crippen LogP contribution in [0.25, 0.3) is 0 Å². The van der Waals surface area contributed by atoms with E-state index in [9.17, 15) is 18.5 Å². The molecule has 0 atom stereocenters. The van der Waals surface area contributed by atoms with Gasteiger partial charge in [-0.3, -0.25) is 15.0 Å². The van der Waals surface area contributed by atoms with E-state index in [2.05, 4.69) is 9.62 Å². The lowest BCUT2D eigenvalue weighted by Crippen LogP contribution is -2.32. The van der Waals surface area contributed by atoms with Crippen LogP contribution in [-0.2, 0) is 23.0 Å². The molecule has 3 rings (SSSR count). The first-order valence-electron chi connectivity index (χ1n) is 9.92.